The van der Waals surface area contributed by atoms with Crippen LogP contribution >= 0.6 is 0 Å². The average molecular weight is 441 g/mol. The van der Waals surface area contributed by atoms with Crippen LogP contribution < -0.4 is 21.7 Å². The number of imide groups is 1. The Balaban J connectivity index is 5.23. The highest BCUT2D eigenvalue weighted by Crippen LogP contribution is 2.10. The number of hydrogen-bond acceptors (Lipinski definition) is 6. The third-order valence-electron chi connectivity index (χ3n) is 4.06. The van der Waals surface area contributed by atoms with Crippen LogP contribution in [0.3, 0.4) is 0 Å². The number of hydrogen-bond donors (Lipinski definition) is 4. The van der Waals surface area contributed by atoms with E-state index in [1.165, 1.54) is 6.08 Å². The molecular weight excluding hydrogens is 400 g/mol. The summed E-state index contributed by atoms with van der Waals surface area (Å²) in [6, 6.07) is -2.77. The lowest BCUT2D eigenvalue weighted by Crippen LogP contribution is -2.56. The van der Waals surface area contributed by atoms with E-state index >= 15 is 0 Å². The molecule has 0 aliphatic heterocycles. The van der Waals surface area contributed by atoms with Gasteiger partial charge in [-0.05, 0) is 51.9 Å². The number of amides is 4. The molecule has 0 saturated heterocycles. The molecule has 0 aromatic carbocycles. The molecule has 0 radical (unpaired) electrons. The molecule has 9 nitrogen and oxygen atoms in total. The summed E-state index contributed by atoms with van der Waals surface area (Å²) >= 11 is 0. The van der Waals surface area contributed by atoms with E-state index in [1.807, 2.05) is 27.7 Å². The predicted octanol–water partition coefficient (Wildman–Crippen LogP) is 2.00. The molecule has 0 rings (SSSR count). The normalized spacial score (nSPS) is 14.4. The van der Waals surface area contributed by atoms with Crippen molar-refractivity contribution in [1.82, 2.24) is 16.0 Å². The number of alkyl carbamates (subject to hydrolysis) is 1. The third kappa shape index (κ3) is 12.8. The standard InChI is InChI=1S/C22H40N4O5/c1-9-10-16(19(28)26-18(27)15(23)11-13(2)3)24-20(29)17(12-14(4)5)25-21(30)31-22(6,7)8/h9,13-17H,1,10-12,23H2,2-8H3,(H,24,29)(H,25,30)(H,26,27,28)/t15-,16?,17-/m0/s1. The zero-order valence-corrected chi connectivity index (χ0v) is 19.9. The fourth-order valence-electron chi connectivity index (χ4n) is 2.74. The van der Waals surface area contributed by atoms with Gasteiger partial charge in [0.1, 0.15) is 17.7 Å². The summed E-state index contributed by atoms with van der Waals surface area (Å²) in [5.74, 6) is -1.56. The Morgan fingerprint density at radius 3 is 1.90 bits per heavy atom. The summed E-state index contributed by atoms with van der Waals surface area (Å²) in [6.45, 7) is 16.4. The van der Waals surface area contributed by atoms with E-state index in [-0.39, 0.29) is 18.3 Å². The van der Waals surface area contributed by atoms with Gasteiger partial charge in [-0.15, -0.1) is 6.58 Å². The van der Waals surface area contributed by atoms with Gasteiger partial charge in [0.2, 0.25) is 17.7 Å². The van der Waals surface area contributed by atoms with Gasteiger partial charge >= 0.3 is 6.09 Å². The van der Waals surface area contributed by atoms with Crippen molar-refractivity contribution in [3.63, 3.8) is 0 Å². The quantitative estimate of drug-likeness (QED) is 0.362. The van der Waals surface area contributed by atoms with Crippen LogP contribution in [0.1, 0.15) is 67.7 Å². The Morgan fingerprint density at radius 2 is 1.45 bits per heavy atom. The molecule has 5 N–H and O–H groups in total. The molecule has 9 heteroatoms. The molecule has 0 heterocycles. The molecule has 0 aromatic rings. The van der Waals surface area contributed by atoms with Gasteiger partial charge in [-0.2, -0.15) is 0 Å². The van der Waals surface area contributed by atoms with E-state index in [1.54, 1.807) is 20.8 Å². The van der Waals surface area contributed by atoms with Crippen molar-refractivity contribution in [3.8, 4) is 0 Å². The summed E-state index contributed by atoms with van der Waals surface area (Å²) in [6.07, 6.45) is 1.60. The van der Waals surface area contributed by atoms with Crippen LogP contribution in [0.15, 0.2) is 12.7 Å². The molecule has 0 aliphatic rings. The van der Waals surface area contributed by atoms with Gasteiger partial charge < -0.3 is 21.1 Å². The number of nitrogens with two attached hydrogens (primary N) is 1. The van der Waals surface area contributed by atoms with Crippen LogP contribution in [0, 0.1) is 11.8 Å². The molecule has 1 unspecified atom stereocenters. The molecule has 3 atom stereocenters. The molecule has 178 valence electrons. The van der Waals surface area contributed by atoms with Gasteiger partial charge in [-0.1, -0.05) is 33.8 Å². The van der Waals surface area contributed by atoms with Crippen molar-refractivity contribution in [2.24, 2.45) is 17.6 Å². The zero-order valence-electron chi connectivity index (χ0n) is 19.9. The minimum atomic E-state index is -1.03. The second-order valence-corrected chi connectivity index (χ2v) is 9.50. The maximum Gasteiger partial charge on any atom is 0.408 e. The first-order chi connectivity index (χ1) is 14.2. The lowest BCUT2D eigenvalue weighted by molar-refractivity contribution is -0.135. The first-order valence-corrected chi connectivity index (χ1v) is 10.7. The fraction of sp³-hybridized carbons (Fsp3) is 0.727. The number of ether oxygens (including phenoxy) is 1. The summed E-state index contributed by atoms with van der Waals surface area (Å²) in [5.41, 5.74) is 5.10. The molecule has 31 heavy (non-hydrogen) atoms. The zero-order chi connectivity index (χ0) is 24.4. The number of rotatable bonds is 11. The Labute approximate surface area is 185 Å². The summed E-state index contributed by atoms with van der Waals surface area (Å²) in [4.78, 5) is 49.7. The summed E-state index contributed by atoms with van der Waals surface area (Å²) in [5, 5.41) is 7.39. The van der Waals surface area contributed by atoms with E-state index in [0.717, 1.165) is 0 Å². The van der Waals surface area contributed by atoms with Gasteiger partial charge in [0, 0.05) is 0 Å². The number of nitrogens with one attached hydrogen (secondary N) is 3. The van der Waals surface area contributed by atoms with Crippen molar-refractivity contribution in [2.45, 2.75) is 91.5 Å². The van der Waals surface area contributed by atoms with Gasteiger partial charge in [0.05, 0.1) is 6.04 Å². The van der Waals surface area contributed by atoms with Crippen molar-refractivity contribution in [1.29, 1.82) is 0 Å². The van der Waals surface area contributed by atoms with E-state index in [4.69, 9.17) is 10.5 Å². The minimum absolute atomic E-state index is 0.0907. The van der Waals surface area contributed by atoms with Gasteiger partial charge in [0.25, 0.3) is 0 Å². The van der Waals surface area contributed by atoms with E-state index in [0.29, 0.717) is 12.8 Å². The van der Waals surface area contributed by atoms with E-state index < -0.39 is 47.5 Å². The summed E-state index contributed by atoms with van der Waals surface area (Å²) in [7, 11) is 0. The van der Waals surface area contributed by atoms with Crippen molar-refractivity contribution < 1.29 is 23.9 Å². The summed E-state index contributed by atoms with van der Waals surface area (Å²) < 4.78 is 5.23. The van der Waals surface area contributed by atoms with Gasteiger partial charge in [-0.3, -0.25) is 19.7 Å². The highest BCUT2D eigenvalue weighted by atomic mass is 16.6. The second-order valence-electron chi connectivity index (χ2n) is 9.50. The SMILES string of the molecule is C=CCC(NC(=O)[C@H](CC(C)C)NC(=O)OC(C)(C)C)C(=O)NC(=O)[C@@H](N)CC(C)C. The first-order valence-electron chi connectivity index (χ1n) is 10.7. The molecule has 0 spiro atoms. The predicted molar refractivity (Wildman–Crippen MR) is 120 cm³/mol. The largest absolute Gasteiger partial charge is 0.444 e. The maximum atomic E-state index is 12.8. The van der Waals surface area contributed by atoms with Crippen molar-refractivity contribution >= 4 is 23.8 Å². The van der Waals surface area contributed by atoms with Gasteiger partial charge in [-0.25, -0.2) is 4.79 Å². The highest BCUT2D eigenvalue weighted by molar-refractivity contribution is 6.01. The second kappa shape index (κ2) is 13.1. The van der Waals surface area contributed by atoms with Crippen LogP contribution in [0.5, 0.6) is 0 Å². The van der Waals surface area contributed by atoms with Crippen molar-refractivity contribution in [2.75, 3.05) is 0 Å². The Bertz CT molecular complexity index is 640. The average Bonchev–Trinajstić information content (AvgIpc) is 2.57. The van der Waals surface area contributed by atoms with Crippen LogP contribution in [0.25, 0.3) is 0 Å². The van der Waals surface area contributed by atoms with Crippen LogP contribution in [-0.4, -0.2) is 47.5 Å². The lowest BCUT2D eigenvalue weighted by atomic mass is 10.0. The Morgan fingerprint density at radius 1 is 0.903 bits per heavy atom. The Kier molecular flexibility index (Phi) is 12.1. The molecule has 0 bridgehead atoms. The molecule has 0 aliphatic carbocycles. The highest BCUT2D eigenvalue weighted by Gasteiger charge is 2.29. The van der Waals surface area contributed by atoms with E-state index in [2.05, 4.69) is 22.5 Å². The number of carbonyl (C=O) groups excluding carboxylic acids is 4. The Hall–Kier alpha value is -2.42. The first kappa shape index (κ1) is 28.6. The topological polar surface area (TPSA) is 140 Å². The third-order valence-corrected chi connectivity index (χ3v) is 4.06. The van der Waals surface area contributed by atoms with Crippen molar-refractivity contribution in [3.05, 3.63) is 12.7 Å². The smallest absolute Gasteiger partial charge is 0.408 e. The molecule has 0 saturated carbocycles. The minimum Gasteiger partial charge on any atom is -0.444 e. The number of carbonyl (C=O) groups is 4. The lowest BCUT2D eigenvalue weighted by Gasteiger charge is -2.26. The van der Waals surface area contributed by atoms with E-state index in [9.17, 15) is 19.2 Å². The van der Waals surface area contributed by atoms with Crippen LogP contribution in [0.4, 0.5) is 4.79 Å². The van der Waals surface area contributed by atoms with Crippen LogP contribution in [-0.2, 0) is 19.1 Å². The van der Waals surface area contributed by atoms with Crippen LogP contribution in [0.2, 0.25) is 0 Å². The fourth-order valence-corrected chi connectivity index (χ4v) is 2.74. The molecule has 4 amide bonds. The maximum absolute atomic E-state index is 12.8. The molecule has 0 aromatic heterocycles. The molecule has 0 fully saturated rings. The monoisotopic (exact) mass is 440 g/mol. The van der Waals surface area contributed by atoms with Gasteiger partial charge in [0.15, 0.2) is 0 Å². The molecular formula is C22H40N4O5.